The van der Waals surface area contributed by atoms with Gasteiger partial charge in [0.2, 0.25) is 5.91 Å². The van der Waals surface area contributed by atoms with E-state index in [0.29, 0.717) is 19.2 Å². The zero-order valence-corrected chi connectivity index (χ0v) is 15.3. The first-order chi connectivity index (χ1) is 11.5. The van der Waals surface area contributed by atoms with Gasteiger partial charge in [-0.2, -0.15) is 0 Å². The van der Waals surface area contributed by atoms with Crippen molar-refractivity contribution in [1.29, 1.82) is 0 Å². The summed E-state index contributed by atoms with van der Waals surface area (Å²) in [5.74, 6) is 0.0730. The molecule has 0 heterocycles. The molecular weight excluding hydrogens is 300 g/mol. The molecule has 4 nitrogen and oxygen atoms in total. The molecule has 0 bridgehead atoms. The fourth-order valence-electron chi connectivity index (χ4n) is 3.10. The average Bonchev–Trinajstić information content (AvgIpc) is 2.55. The van der Waals surface area contributed by atoms with Crippen LogP contribution in [0.1, 0.15) is 64.5 Å². The van der Waals surface area contributed by atoms with Crippen LogP contribution in [0, 0.1) is 0 Å². The Kier molecular flexibility index (Phi) is 7.25. The number of hydrogen-bond donors (Lipinski definition) is 2. The van der Waals surface area contributed by atoms with Crippen LogP contribution in [0.25, 0.3) is 0 Å². The van der Waals surface area contributed by atoms with Gasteiger partial charge in [0.15, 0.2) is 0 Å². The van der Waals surface area contributed by atoms with Gasteiger partial charge in [-0.1, -0.05) is 49.6 Å². The summed E-state index contributed by atoms with van der Waals surface area (Å²) in [5.41, 5.74) is 0.843. The maximum Gasteiger partial charge on any atom is 0.241 e. The highest BCUT2D eigenvalue weighted by molar-refractivity contribution is 5.83. The summed E-state index contributed by atoms with van der Waals surface area (Å²) >= 11 is 0. The number of benzene rings is 1. The fraction of sp³-hybridized carbons (Fsp3) is 0.650. The van der Waals surface area contributed by atoms with Crippen LogP contribution in [0.5, 0.6) is 0 Å². The Balaban J connectivity index is 1.93. The molecule has 1 saturated carbocycles. The Labute approximate surface area is 146 Å². The second-order valence-electron chi connectivity index (χ2n) is 7.60. The zero-order chi connectivity index (χ0) is 17.4. The van der Waals surface area contributed by atoms with Crippen LogP contribution in [-0.2, 0) is 9.53 Å². The lowest BCUT2D eigenvalue weighted by Crippen LogP contribution is -2.44. The van der Waals surface area contributed by atoms with Gasteiger partial charge in [-0.25, -0.2) is 0 Å². The molecule has 2 rings (SSSR count). The molecule has 24 heavy (non-hydrogen) atoms. The van der Waals surface area contributed by atoms with Gasteiger partial charge in [0.05, 0.1) is 12.2 Å². The van der Waals surface area contributed by atoms with Crippen molar-refractivity contribution in [3.63, 3.8) is 0 Å². The third kappa shape index (κ3) is 6.62. The van der Waals surface area contributed by atoms with Crippen molar-refractivity contribution < 1.29 is 9.53 Å². The summed E-state index contributed by atoms with van der Waals surface area (Å²) in [6.07, 6.45) is 5.92. The SMILES string of the molecule is CC(C)(C)OCCNC(C(=O)NC1CCCCC1)c1ccccc1. The molecule has 1 unspecified atom stereocenters. The first-order valence-corrected chi connectivity index (χ1v) is 9.18. The van der Waals surface area contributed by atoms with Crippen LogP contribution in [-0.4, -0.2) is 30.7 Å². The number of carbonyl (C=O) groups excluding carboxylic acids is 1. The zero-order valence-electron chi connectivity index (χ0n) is 15.3. The minimum absolute atomic E-state index is 0.0730. The third-order valence-electron chi connectivity index (χ3n) is 4.33. The fourth-order valence-corrected chi connectivity index (χ4v) is 3.10. The standard InChI is InChI=1S/C20H32N2O2/c1-20(2,3)24-15-14-21-18(16-10-6-4-7-11-16)19(23)22-17-12-8-5-9-13-17/h4,6-7,10-11,17-18,21H,5,8-9,12-15H2,1-3H3,(H,22,23). The van der Waals surface area contributed by atoms with Gasteiger partial charge in [0.1, 0.15) is 6.04 Å². The molecule has 2 N–H and O–H groups in total. The molecule has 4 heteroatoms. The van der Waals surface area contributed by atoms with Gasteiger partial charge in [-0.3, -0.25) is 10.1 Å². The second-order valence-corrected chi connectivity index (χ2v) is 7.60. The van der Waals surface area contributed by atoms with E-state index < -0.39 is 0 Å². The van der Waals surface area contributed by atoms with Gasteiger partial charge >= 0.3 is 0 Å². The average molecular weight is 332 g/mol. The molecule has 1 amide bonds. The van der Waals surface area contributed by atoms with E-state index in [1.807, 2.05) is 51.1 Å². The van der Waals surface area contributed by atoms with Crippen molar-refractivity contribution in [3.8, 4) is 0 Å². The predicted octanol–water partition coefficient (Wildman–Crippen LogP) is 3.58. The van der Waals surface area contributed by atoms with Gasteiger partial charge in [0, 0.05) is 12.6 Å². The van der Waals surface area contributed by atoms with E-state index in [1.54, 1.807) is 0 Å². The number of nitrogens with one attached hydrogen (secondary N) is 2. The Morgan fingerprint density at radius 3 is 2.46 bits per heavy atom. The summed E-state index contributed by atoms with van der Waals surface area (Å²) < 4.78 is 5.75. The highest BCUT2D eigenvalue weighted by Crippen LogP contribution is 2.19. The highest BCUT2D eigenvalue weighted by Gasteiger charge is 2.23. The second kappa shape index (κ2) is 9.19. The molecule has 1 fully saturated rings. The van der Waals surface area contributed by atoms with E-state index >= 15 is 0 Å². The van der Waals surface area contributed by atoms with Gasteiger partial charge in [0.25, 0.3) is 0 Å². The van der Waals surface area contributed by atoms with E-state index in [9.17, 15) is 4.79 Å². The van der Waals surface area contributed by atoms with E-state index in [2.05, 4.69) is 10.6 Å². The highest BCUT2D eigenvalue weighted by atomic mass is 16.5. The Bertz CT molecular complexity index is 490. The van der Waals surface area contributed by atoms with Crippen molar-refractivity contribution in [2.45, 2.75) is 70.6 Å². The van der Waals surface area contributed by atoms with Crippen LogP contribution in [0.3, 0.4) is 0 Å². The summed E-state index contributed by atoms with van der Waals surface area (Å²) in [4.78, 5) is 12.8. The molecule has 0 spiro atoms. The Morgan fingerprint density at radius 2 is 1.83 bits per heavy atom. The minimum Gasteiger partial charge on any atom is -0.375 e. The molecule has 0 saturated heterocycles. The molecule has 0 aromatic heterocycles. The lowest BCUT2D eigenvalue weighted by atomic mass is 9.95. The number of ether oxygens (including phenoxy) is 1. The molecule has 134 valence electrons. The summed E-state index contributed by atoms with van der Waals surface area (Å²) in [7, 11) is 0. The van der Waals surface area contributed by atoms with E-state index in [0.717, 1.165) is 18.4 Å². The van der Waals surface area contributed by atoms with Crippen LogP contribution in [0.2, 0.25) is 0 Å². The van der Waals surface area contributed by atoms with Gasteiger partial charge in [-0.15, -0.1) is 0 Å². The molecule has 1 aliphatic rings. The molecule has 1 aromatic carbocycles. The van der Waals surface area contributed by atoms with Gasteiger partial charge in [-0.05, 0) is 39.2 Å². The lowest BCUT2D eigenvalue weighted by Gasteiger charge is -2.27. The first kappa shape index (κ1) is 18.9. The van der Waals surface area contributed by atoms with Crippen LogP contribution in [0.15, 0.2) is 30.3 Å². The van der Waals surface area contributed by atoms with E-state index in [1.165, 1.54) is 19.3 Å². The molecule has 0 aliphatic heterocycles. The van der Waals surface area contributed by atoms with Crippen molar-refractivity contribution in [2.24, 2.45) is 0 Å². The van der Waals surface area contributed by atoms with Gasteiger partial charge < -0.3 is 10.1 Å². The predicted molar refractivity (Wildman–Crippen MR) is 97.9 cm³/mol. The minimum atomic E-state index is -0.323. The topological polar surface area (TPSA) is 50.4 Å². The van der Waals surface area contributed by atoms with Crippen molar-refractivity contribution in [2.75, 3.05) is 13.2 Å². The lowest BCUT2D eigenvalue weighted by molar-refractivity contribution is -0.124. The summed E-state index contributed by atoms with van der Waals surface area (Å²) in [6.45, 7) is 7.35. The van der Waals surface area contributed by atoms with E-state index in [4.69, 9.17) is 4.74 Å². The molecular formula is C20H32N2O2. The molecule has 0 radical (unpaired) electrons. The first-order valence-electron chi connectivity index (χ1n) is 9.18. The quantitative estimate of drug-likeness (QED) is 0.750. The number of amides is 1. The smallest absolute Gasteiger partial charge is 0.241 e. The van der Waals surface area contributed by atoms with Crippen molar-refractivity contribution in [1.82, 2.24) is 10.6 Å². The van der Waals surface area contributed by atoms with Crippen LogP contribution >= 0.6 is 0 Å². The molecule has 1 atom stereocenters. The number of hydrogen-bond acceptors (Lipinski definition) is 3. The van der Waals surface area contributed by atoms with Crippen LogP contribution < -0.4 is 10.6 Å². The van der Waals surface area contributed by atoms with E-state index in [-0.39, 0.29) is 17.6 Å². The van der Waals surface area contributed by atoms with Crippen molar-refractivity contribution in [3.05, 3.63) is 35.9 Å². The number of rotatable bonds is 7. The maximum absolute atomic E-state index is 12.8. The van der Waals surface area contributed by atoms with Crippen LogP contribution in [0.4, 0.5) is 0 Å². The summed E-state index contributed by atoms with van der Waals surface area (Å²) in [6, 6.07) is 9.93. The third-order valence-corrected chi connectivity index (χ3v) is 4.33. The maximum atomic E-state index is 12.8. The van der Waals surface area contributed by atoms with Crippen molar-refractivity contribution >= 4 is 5.91 Å². The summed E-state index contributed by atoms with van der Waals surface area (Å²) in [5, 5.41) is 6.59. The Morgan fingerprint density at radius 1 is 1.17 bits per heavy atom. The molecule has 1 aliphatic carbocycles. The largest absolute Gasteiger partial charge is 0.375 e. The normalized spacial score (nSPS) is 17.5. The monoisotopic (exact) mass is 332 g/mol. The molecule has 1 aromatic rings. The number of carbonyl (C=O) groups is 1. The Hall–Kier alpha value is -1.39.